The Morgan fingerprint density at radius 2 is 1.91 bits per heavy atom. The number of halogens is 3. The summed E-state index contributed by atoms with van der Waals surface area (Å²) in [5.74, 6) is -0.794. The van der Waals surface area contributed by atoms with Gasteiger partial charge in [0.2, 0.25) is 0 Å². The second kappa shape index (κ2) is 11.3. The predicted octanol–water partition coefficient (Wildman–Crippen LogP) is 5.75. The molecule has 1 amide bonds. The molecule has 9 heteroatoms. The molecule has 0 bridgehead atoms. The number of hydrazone groups is 1. The summed E-state index contributed by atoms with van der Waals surface area (Å²) in [6, 6.07) is 15.8. The van der Waals surface area contributed by atoms with Gasteiger partial charge >= 0.3 is 0 Å². The van der Waals surface area contributed by atoms with Crippen LogP contribution in [0.1, 0.15) is 34.0 Å². The van der Waals surface area contributed by atoms with E-state index in [-0.39, 0.29) is 17.7 Å². The Hall–Kier alpha value is -3.60. The Labute approximate surface area is 200 Å². The lowest BCUT2D eigenvalue weighted by atomic mass is 10.1. The van der Waals surface area contributed by atoms with Crippen molar-refractivity contribution in [2.75, 3.05) is 6.61 Å². The van der Waals surface area contributed by atoms with Crippen LogP contribution >= 0.6 is 23.2 Å². The lowest BCUT2D eigenvalue weighted by molar-refractivity contribution is 0.0951. The van der Waals surface area contributed by atoms with E-state index >= 15 is 0 Å². The molecule has 6 nitrogen and oxygen atoms in total. The van der Waals surface area contributed by atoms with Gasteiger partial charge in [-0.3, -0.25) is 4.79 Å². The standard InChI is InChI=1S/C24H18Cl2FN3O3/c1-2-32-22-11-17(9-20(26)23(22)33-14-15-3-6-18(25)7-4-15)13-29-30-24(31)19-8-5-16(12-28)10-21(19)27/h3-11,13H,2,14H2,1H3,(H,30,31)/b29-13-. The van der Waals surface area contributed by atoms with Crippen molar-refractivity contribution in [1.29, 1.82) is 5.26 Å². The highest BCUT2D eigenvalue weighted by molar-refractivity contribution is 6.32. The zero-order chi connectivity index (χ0) is 23.8. The maximum atomic E-state index is 14.0. The van der Waals surface area contributed by atoms with Crippen molar-refractivity contribution in [1.82, 2.24) is 5.43 Å². The molecule has 168 valence electrons. The number of carbonyl (C=O) groups excluding carboxylic acids is 1. The van der Waals surface area contributed by atoms with Gasteiger partial charge in [-0.1, -0.05) is 35.3 Å². The minimum Gasteiger partial charge on any atom is -0.490 e. The molecule has 0 aliphatic heterocycles. The fraction of sp³-hybridized carbons (Fsp3) is 0.125. The maximum absolute atomic E-state index is 14.0. The molecule has 0 aliphatic carbocycles. The fourth-order valence-electron chi connectivity index (χ4n) is 2.80. The molecule has 0 saturated heterocycles. The Morgan fingerprint density at radius 3 is 2.58 bits per heavy atom. The van der Waals surface area contributed by atoms with E-state index in [1.807, 2.05) is 19.1 Å². The molecule has 0 spiro atoms. The van der Waals surface area contributed by atoms with Crippen LogP contribution in [0.4, 0.5) is 4.39 Å². The van der Waals surface area contributed by atoms with Crippen LogP contribution < -0.4 is 14.9 Å². The Kier molecular flexibility index (Phi) is 8.25. The third kappa shape index (κ3) is 6.45. The van der Waals surface area contributed by atoms with E-state index in [0.717, 1.165) is 11.6 Å². The molecule has 3 aromatic carbocycles. The van der Waals surface area contributed by atoms with E-state index in [9.17, 15) is 9.18 Å². The molecule has 0 radical (unpaired) electrons. The van der Waals surface area contributed by atoms with Crippen LogP contribution in [0, 0.1) is 17.1 Å². The highest BCUT2D eigenvalue weighted by Crippen LogP contribution is 2.37. The molecule has 0 heterocycles. The number of carbonyl (C=O) groups is 1. The maximum Gasteiger partial charge on any atom is 0.274 e. The molecule has 0 saturated carbocycles. The number of nitrogens with one attached hydrogen (secondary N) is 1. The molecule has 3 aromatic rings. The molecule has 0 atom stereocenters. The molecule has 0 unspecified atom stereocenters. The van der Waals surface area contributed by atoms with Gasteiger partial charge in [-0.2, -0.15) is 10.4 Å². The van der Waals surface area contributed by atoms with Crippen molar-refractivity contribution in [2.45, 2.75) is 13.5 Å². The second-order valence-electron chi connectivity index (χ2n) is 6.68. The first-order valence-electron chi connectivity index (χ1n) is 9.78. The Balaban J connectivity index is 1.72. The molecule has 3 rings (SSSR count). The number of rotatable bonds is 8. The summed E-state index contributed by atoms with van der Waals surface area (Å²) in [4.78, 5) is 12.2. The minimum absolute atomic E-state index is 0.115. The van der Waals surface area contributed by atoms with Crippen molar-refractivity contribution >= 4 is 35.3 Å². The normalized spacial score (nSPS) is 10.6. The van der Waals surface area contributed by atoms with Gasteiger partial charge in [0.1, 0.15) is 12.4 Å². The van der Waals surface area contributed by atoms with E-state index in [1.54, 1.807) is 30.3 Å². The van der Waals surface area contributed by atoms with Crippen LogP contribution in [0.5, 0.6) is 11.5 Å². The number of amides is 1. The monoisotopic (exact) mass is 485 g/mol. The third-order valence-electron chi connectivity index (χ3n) is 4.35. The first-order valence-corrected chi connectivity index (χ1v) is 10.5. The van der Waals surface area contributed by atoms with E-state index < -0.39 is 11.7 Å². The topological polar surface area (TPSA) is 83.7 Å². The predicted molar refractivity (Wildman–Crippen MR) is 125 cm³/mol. The van der Waals surface area contributed by atoms with E-state index in [0.29, 0.717) is 33.7 Å². The zero-order valence-corrected chi connectivity index (χ0v) is 19.0. The summed E-state index contributed by atoms with van der Waals surface area (Å²) >= 11 is 12.3. The number of benzene rings is 3. The van der Waals surface area contributed by atoms with Gasteiger partial charge in [-0.05, 0) is 60.5 Å². The van der Waals surface area contributed by atoms with Gasteiger partial charge < -0.3 is 9.47 Å². The van der Waals surface area contributed by atoms with Crippen LogP contribution in [-0.2, 0) is 6.61 Å². The summed E-state index contributed by atoms with van der Waals surface area (Å²) in [6.07, 6.45) is 1.34. The largest absolute Gasteiger partial charge is 0.490 e. The van der Waals surface area contributed by atoms with Crippen molar-refractivity contribution in [2.24, 2.45) is 5.10 Å². The summed E-state index contributed by atoms with van der Waals surface area (Å²) in [7, 11) is 0. The van der Waals surface area contributed by atoms with Gasteiger partial charge in [0.05, 0.1) is 35.0 Å². The quantitative estimate of drug-likeness (QED) is 0.325. The van der Waals surface area contributed by atoms with Crippen molar-refractivity contribution in [3.05, 3.63) is 92.7 Å². The number of nitrogens with zero attached hydrogens (tertiary/aromatic N) is 2. The molecular formula is C24H18Cl2FN3O3. The van der Waals surface area contributed by atoms with Gasteiger partial charge in [0, 0.05) is 5.02 Å². The zero-order valence-electron chi connectivity index (χ0n) is 17.4. The Bertz CT molecular complexity index is 1220. The average Bonchev–Trinajstić information content (AvgIpc) is 2.79. The summed E-state index contributed by atoms with van der Waals surface area (Å²) < 4.78 is 25.5. The molecule has 0 fully saturated rings. The second-order valence-corrected chi connectivity index (χ2v) is 7.53. The van der Waals surface area contributed by atoms with Gasteiger partial charge in [0.25, 0.3) is 5.91 Å². The molecule has 0 aromatic heterocycles. The summed E-state index contributed by atoms with van der Waals surface area (Å²) in [5, 5.41) is 13.6. The molecule has 0 aliphatic rings. The van der Waals surface area contributed by atoms with Crippen LogP contribution in [0.25, 0.3) is 0 Å². The van der Waals surface area contributed by atoms with Crippen molar-refractivity contribution in [3.63, 3.8) is 0 Å². The van der Waals surface area contributed by atoms with Crippen LogP contribution in [0.3, 0.4) is 0 Å². The lowest BCUT2D eigenvalue weighted by Crippen LogP contribution is -2.19. The highest BCUT2D eigenvalue weighted by atomic mass is 35.5. The summed E-state index contributed by atoms with van der Waals surface area (Å²) in [5.41, 5.74) is 3.56. The highest BCUT2D eigenvalue weighted by Gasteiger charge is 2.14. The van der Waals surface area contributed by atoms with Gasteiger partial charge in [0.15, 0.2) is 11.5 Å². The van der Waals surface area contributed by atoms with E-state index in [2.05, 4.69) is 10.5 Å². The molecular weight excluding hydrogens is 468 g/mol. The van der Waals surface area contributed by atoms with Crippen LogP contribution in [-0.4, -0.2) is 18.7 Å². The first-order chi connectivity index (χ1) is 15.9. The number of nitriles is 1. The van der Waals surface area contributed by atoms with Crippen molar-refractivity contribution < 1.29 is 18.7 Å². The van der Waals surface area contributed by atoms with E-state index in [4.69, 9.17) is 37.9 Å². The lowest BCUT2D eigenvalue weighted by Gasteiger charge is -2.14. The molecule has 33 heavy (non-hydrogen) atoms. The Morgan fingerprint density at radius 1 is 1.15 bits per heavy atom. The number of hydrogen-bond donors (Lipinski definition) is 1. The van der Waals surface area contributed by atoms with Crippen LogP contribution in [0.15, 0.2) is 59.7 Å². The SMILES string of the molecule is CCOc1cc(/C=N\NC(=O)c2ccc(C#N)cc2F)cc(Cl)c1OCc1ccc(Cl)cc1. The first kappa shape index (κ1) is 24.1. The van der Waals surface area contributed by atoms with Gasteiger partial charge in [-0.15, -0.1) is 0 Å². The smallest absolute Gasteiger partial charge is 0.274 e. The average molecular weight is 486 g/mol. The van der Waals surface area contributed by atoms with Crippen LogP contribution in [0.2, 0.25) is 10.0 Å². The van der Waals surface area contributed by atoms with E-state index in [1.165, 1.54) is 18.3 Å². The summed E-state index contributed by atoms with van der Waals surface area (Å²) in [6.45, 7) is 2.46. The van der Waals surface area contributed by atoms with Crippen molar-refractivity contribution in [3.8, 4) is 17.6 Å². The number of ether oxygens (including phenoxy) is 2. The van der Waals surface area contributed by atoms with Gasteiger partial charge in [-0.25, -0.2) is 9.82 Å². The third-order valence-corrected chi connectivity index (χ3v) is 4.88. The molecule has 1 N–H and O–H groups in total. The number of hydrogen-bond acceptors (Lipinski definition) is 5. The fourth-order valence-corrected chi connectivity index (χ4v) is 3.20. The minimum atomic E-state index is -0.814.